The molecule has 0 amide bonds. The van der Waals surface area contributed by atoms with E-state index in [1.807, 2.05) is 0 Å². The Morgan fingerprint density at radius 1 is 1.12 bits per heavy atom. The van der Waals surface area contributed by atoms with Crippen LogP contribution in [0, 0.1) is 0 Å². The molecule has 0 saturated heterocycles. The number of rotatable bonds is 6. The van der Waals surface area contributed by atoms with Gasteiger partial charge in [0.1, 0.15) is 5.75 Å². The first-order valence-corrected chi connectivity index (χ1v) is 8.07. The van der Waals surface area contributed by atoms with Crippen LogP contribution in [0.2, 0.25) is 5.02 Å². The van der Waals surface area contributed by atoms with Crippen molar-refractivity contribution < 1.29 is 32.2 Å². The summed E-state index contributed by atoms with van der Waals surface area (Å²) in [5.41, 5.74) is -0.893. The average molecular weight is 389 g/mol. The molecule has 2 aromatic rings. The Kier molecular flexibility index (Phi) is 6.37. The van der Waals surface area contributed by atoms with Crippen LogP contribution in [0.3, 0.4) is 0 Å². The third kappa shape index (κ3) is 5.05. The van der Waals surface area contributed by atoms with Gasteiger partial charge in [0, 0.05) is 0 Å². The van der Waals surface area contributed by atoms with Crippen molar-refractivity contribution in [1.29, 1.82) is 0 Å². The standard InChI is InChI=1S/C18H16ClF3O4/c1-3-24-17(23)11(2)25-14-6-4-5-7-15(14)26-16-10-12(18(20,21)22)8-9-13(16)19/h4-11H,3H2,1-2H3. The molecule has 2 aromatic carbocycles. The molecule has 4 nitrogen and oxygen atoms in total. The maximum absolute atomic E-state index is 12.9. The first kappa shape index (κ1) is 19.9. The highest BCUT2D eigenvalue weighted by Gasteiger charge is 2.31. The monoisotopic (exact) mass is 388 g/mol. The SMILES string of the molecule is CCOC(=O)C(C)Oc1ccccc1Oc1cc(C(F)(F)F)ccc1Cl. The molecule has 1 atom stereocenters. The average Bonchev–Trinajstić information content (AvgIpc) is 2.57. The van der Waals surface area contributed by atoms with E-state index in [2.05, 4.69) is 0 Å². The van der Waals surface area contributed by atoms with Crippen molar-refractivity contribution in [2.45, 2.75) is 26.1 Å². The normalized spacial score (nSPS) is 12.4. The molecule has 0 saturated carbocycles. The topological polar surface area (TPSA) is 44.8 Å². The van der Waals surface area contributed by atoms with Crippen molar-refractivity contribution in [2.24, 2.45) is 0 Å². The second-order valence-corrected chi connectivity index (χ2v) is 5.61. The predicted molar refractivity (Wildman–Crippen MR) is 89.7 cm³/mol. The van der Waals surface area contributed by atoms with Gasteiger partial charge in [0.25, 0.3) is 0 Å². The van der Waals surface area contributed by atoms with Crippen molar-refractivity contribution in [3.05, 3.63) is 53.1 Å². The lowest BCUT2D eigenvalue weighted by Crippen LogP contribution is -2.26. The first-order valence-electron chi connectivity index (χ1n) is 7.69. The Morgan fingerprint density at radius 3 is 2.38 bits per heavy atom. The van der Waals surface area contributed by atoms with Crippen LogP contribution in [0.1, 0.15) is 19.4 Å². The van der Waals surface area contributed by atoms with Crippen molar-refractivity contribution in [1.82, 2.24) is 0 Å². The summed E-state index contributed by atoms with van der Waals surface area (Å²) in [6.07, 6.45) is -5.45. The number of carbonyl (C=O) groups excluding carboxylic acids is 1. The number of ether oxygens (including phenoxy) is 3. The van der Waals surface area contributed by atoms with Crippen LogP contribution >= 0.6 is 11.6 Å². The molecule has 0 radical (unpaired) electrons. The molecular formula is C18H16ClF3O4. The van der Waals surface area contributed by atoms with Crippen molar-refractivity contribution in [3.8, 4) is 17.2 Å². The van der Waals surface area contributed by atoms with Gasteiger partial charge >= 0.3 is 12.1 Å². The number of esters is 1. The molecule has 1 unspecified atom stereocenters. The second kappa shape index (κ2) is 8.31. The van der Waals surface area contributed by atoms with E-state index in [0.717, 1.165) is 18.2 Å². The second-order valence-electron chi connectivity index (χ2n) is 5.20. The smallest absolute Gasteiger partial charge is 0.416 e. The van der Waals surface area contributed by atoms with Crippen molar-refractivity contribution in [3.63, 3.8) is 0 Å². The summed E-state index contributed by atoms with van der Waals surface area (Å²) < 4.78 is 54.5. The highest BCUT2D eigenvalue weighted by atomic mass is 35.5. The predicted octanol–water partition coefficient (Wildman–Crippen LogP) is 5.48. The molecule has 0 aliphatic rings. The van der Waals surface area contributed by atoms with Crippen molar-refractivity contribution >= 4 is 17.6 Å². The fourth-order valence-electron chi connectivity index (χ4n) is 2.01. The van der Waals surface area contributed by atoms with Crippen LogP contribution in [-0.4, -0.2) is 18.7 Å². The molecule has 0 aliphatic carbocycles. The maximum Gasteiger partial charge on any atom is 0.416 e. The molecule has 0 aromatic heterocycles. The van der Waals surface area contributed by atoms with Gasteiger partial charge in [-0.25, -0.2) is 4.79 Å². The van der Waals surface area contributed by atoms with E-state index in [4.69, 9.17) is 25.8 Å². The van der Waals surface area contributed by atoms with Gasteiger partial charge in [0.15, 0.2) is 17.6 Å². The van der Waals surface area contributed by atoms with E-state index >= 15 is 0 Å². The summed E-state index contributed by atoms with van der Waals surface area (Å²) in [7, 11) is 0. The van der Waals surface area contributed by atoms with Crippen LogP contribution in [0.4, 0.5) is 13.2 Å². The van der Waals surface area contributed by atoms with E-state index in [1.54, 1.807) is 19.1 Å². The van der Waals surface area contributed by atoms with E-state index in [9.17, 15) is 18.0 Å². The zero-order chi connectivity index (χ0) is 19.3. The number of para-hydroxylation sites is 2. The Hall–Kier alpha value is -2.41. The number of halogens is 4. The van der Waals surface area contributed by atoms with Crippen molar-refractivity contribution in [2.75, 3.05) is 6.61 Å². The van der Waals surface area contributed by atoms with Crippen LogP contribution in [0.5, 0.6) is 17.2 Å². The zero-order valence-corrected chi connectivity index (χ0v) is 14.7. The van der Waals surface area contributed by atoms with Crippen LogP contribution in [0.15, 0.2) is 42.5 Å². The molecule has 0 bridgehead atoms. The molecule has 0 heterocycles. The summed E-state index contributed by atoms with van der Waals surface area (Å²) in [5, 5.41) is 0.00578. The van der Waals surface area contributed by atoms with Gasteiger partial charge in [-0.1, -0.05) is 23.7 Å². The summed E-state index contributed by atoms with van der Waals surface area (Å²) in [6.45, 7) is 3.36. The Bertz CT molecular complexity index is 777. The van der Waals surface area contributed by atoms with Gasteiger partial charge < -0.3 is 14.2 Å². The summed E-state index contributed by atoms with van der Waals surface area (Å²) in [6, 6.07) is 9.02. The number of alkyl halides is 3. The van der Waals surface area contributed by atoms with E-state index in [-0.39, 0.29) is 28.9 Å². The van der Waals surface area contributed by atoms with Crippen LogP contribution in [0.25, 0.3) is 0 Å². The highest BCUT2D eigenvalue weighted by Crippen LogP contribution is 2.39. The lowest BCUT2D eigenvalue weighted by Gasteiger charge is -2.17. The number of hydrogen-bond acceptors (Lipinski definition) is 4. The Balaban J connectivity index is 2.27. The van der Waals surface area contributed by atoms with Gasteiger partial charge in [0.05, 0.1) is 17.2 Å². The minimum absolute atomic E-state index is 0.00578. The lowest BCUT2D eigenvalue weighted by atomic mass is 10.2. The molecule has 0 fully saturated rings. The van der Waals surface area contributed by atoms with Crippen LogP contribution < -0.4 is 9.47 Å². The summed E-state index contributed by atoms with van der Waals surface area (Å²) in [4.78, 5) is 11.7. The third-order valence-electron chi connectivity index (χ3n) is 3.25. The lowest BCUT2D eigenvalue weighted by molar-refractivity contribution is -0.150. The maximum atomic E-state index is 12.9. The van der Waals surface area contributed by atoms with Gasteiger partial charge in [-0.05, 0) is 44.2 Å². The molecule has 0 spiro atoms. The quantitative estimate of drug-likeness (QED) is 0.614. The fourth-order valence-corrected chi connectivity index (χ4v) is 2.16. The molecule has 2 rings (SSSR count). The van der Waals surface area contributed by atoms with E-state index < -0.39 is 23.8 Å². The van der Waals surface area contributed by atoms with Gasteiger partial charge in [-0.3, -0.25) is 0 Å². The number of benzene rings is 2. The van der Waals surface area contributed by atoms with Gasteiger partial charge in [-0.2, -0.15) is 13.2 Å². The minimum atomic E-state index is -4.53. The molecule has 140 valence electrons. The van der Waals surface area contributed by atoms with Gasteiger partial charge in [-0.15, -0.1) is 0 Å². The van der Waals surface area contributed by atoms with E-state index in [0.29, 0.717) is 0 Å². The fraction of sp³-hybridized carbons (Fsp3) is 0.278. The Labute approximate surface area is 153 Å². The van der Waals surface area contributed by atoms with Gasteiger partial charge in [0.2, 0.25) is 0 Å². The van der Waals surface area contributed by atoms with E-state index in [1.165, 1.54) is 19.1 Å². The molecule has 26 heavy (non-hydrogen) atoms. The molecule has 8 heteroatoms. The third-order valence-corrected chi connectivity index (χ3v) is 3.56. The largest absolute Gasteiger partial charge is 0.475 e. The highest BCUT2D eigenvalue weighted by molar-refractivity contribution is 6.32. The van der Waals surface area contributed by atoms with Crippen LogP contribution in [-0.2, 0) is 15.7 Å². The molecule has 0 aliphatic heterocycles. The number of hydrogen-bond donors (Lipinski definition) is 0. The minimum Gasteiger partial charge on any atom is -0.475 e. The first-order chi connectivity index (χ1) is 12.2. The molecule has 0 N–H and O–H groups in total. The summed E-state index contributed by atoms with van der Waals surface area (Å²) in [5.74, 6) is -0.466. The zero-order valence-electron chi connectivity index (χ0n) is 14.0. The summed E-state index contributed by atoms with van der Waals surface area (Å²) >= 11 is 5.94. The molecular weight excluding hydrogens is 373 g/mol. The Morgan fingerprint density at radius 2 is 1.77 bits per heavy atom. The number of carbonyl (C=O) groups is 1.